The number of hydrogen-bond acceptors (Lipinski definition) is 3. The molecule has 102 valence electrons. The van der Waals surface area contributed by atoms with E-state index in [1.54, 1.807) is 11.3 Å². The van der Waals surface area contributed by atoms with Crippen molar-refractivity contribution in [3.63, 3.8) is 0 Å². The van der Waals surface area contributed by atoms with Gasteiger partial charge >= 0.3 is 0 Å². The van der Waals surface area contributed by atoms with Gasteiger partial charge in [0.1, 0.15) is 11.9 Å². The van der Waals surface area contributed by atoms with E-state index in [1.807, 2.05) is 24.3 Å². The van der Waals surface area contributed by atoms with E-state index >= 15 is 0 Å². The first-order valence-corrected chi connectivity index (χ1v) is 7.53. The van der Waals surface area contributed by atoms with Gasteiger partial charge in [0.05, 0.1) is 0 Å². The van der Waals surface area contributed by atoms with Crippen molar-refractivity contribution in [2.45, 2.75) is 32.4 Å². The van der Waals surface area contributed by atoms with Gasteiger partial charge in [-0.05, 0) is 43.7 Å². The van der Waals surface area contributed by atoms with Gasteiger partial charge in [-0.1, -0.05) is 24.6 Å². The molecule has 2 N–H and O–H groups in total. The Bertz CT molecular complexity index is 540. The van der Waals surface area contributed by atoms with Crippen LogP contribution < -0.4 is 10.5 Å². The van der Waals surface area contributed by atoms with Crippen LogP contribution in [-0.2, 0) is 0 Å². The van der Waals surface area contributed by atoms with Gasteiger partial charge in [0.2, 0.25) is 0 Å². The quantitative estimate of drug-likeness (QED) is 0.877. The Morgan fingerprint density at radius 1 is 1.32 bits per heavy atom. The molecule has 0 amide bonds. The molecule has 2 nitrogen and oxygen atoms in total. The Balaban J connectivity index is 2.24. The molecule has 1 aromatic carbocycles. The molecule has 2 rings (SSSR count). The minimum absolute atomic E-state index is 0.0305. The van der Waals surface area contributed by atoms with E-state index in [1.165, 1.54) is 4.88 Å². The summed E-state index contributed by atoms with van der Waals surface area (Å²) in [5, 5.41) is 0.670. The molecule has 0 aliphatic heterocycles. The number of ether oxygens (including phenoxy) is 1. The fourth-order valence-corrected chi connectivity index (χ4v) is 3.03. The number of aryl methyl sites for hydroxylation is 1. The monoisotopic (exact) mass is 295 g/mol. The van der Waals surface area contributed by atoms with Gasteiger partial charge < -0.3 is 10.5 Å². The zero-order valence-electron chi connectivity index (χ0n) is 11.1. The number of nitrogens with two attached hydrogens (primary N) is 1. The molecule has 2 aromatic rings. The van der Waals surface area contributed by atoms with Gasteiger partial charge in [0.15, 0.2) is 0 Å². The highest BCUT2D eigenvalue weighted by Crippen LogP contribution is 2.31. The van der Waals surface area contributed by atoms with E-state index in [9.17, 15) is 0 Å². The minimum atomic E-state index is -0.123. The largest absolute Gasteiger partial charge is 0.483 e. The van der Waals surface area contributed by atoms with Crippen LogP contribution in [0.2, 0.25) is 5.02 Å². The molecule has 19 heavy (non-hydrogen) atoms. The molecule has 0 fully saturated rings. The molecule has 2 unspecified atom stereocenters. The van der Waals surface area contributed by atoms with Crippen LogP contribution in [0.1, 0.15) is 29.2 Å². The molecule has 1 heterocycles. The molecular weight excluding hydrogens is 278 g/mol. The van der Waals surface area contributed by atoms with E-state index in [0.29, 0.717) is 5.02 Å². The Kier molecular flexibility index (Phi) is 4.86. The second kappa shape index (κ2) is 6.42. The average molecular weight is 296 g/mol. The number of thiophene rings is 1. The summed E-state index contributed by atoms with van der Waals surface area (Å²) >= 11 is 7.71. The number of rotatable bonds is 5. The lowest BCUT2D eigenvalue weighted by Gasteiger charge is -2.23. The van der Waals surface area contributed by atoms with Gasteiger partial charge in [-0.15, -0.1) is 11.3 Å². The highest BCUT2D eigenvalue weighted by molar-refractivity contribution is 7.12. The number of benzene rings is 1. The zero-order chi connectivity index (χ0) is 13.8. The van der Waals surface area contributed by atoms with Crippen LogP contribution in [0.4, 0.5) is 0 Å². The van der Waals surface area contributed by atoms with Crippen LogP contribution in [0, 0.1) is 6.92 Å². The van der Waals surface area contributed by atoms with E-state index < -0.39 is 0 Å². The molecule has 0 aliphatic carbocycles. The standard InChI is InChI=1S/C15H18ClNOS/c1-3-13(17)15(14-8-7-10(2)19-14)18-12-6-4-5-11(16)9-12/h4-9,13,15H,3,17H2,1-2H3. The Hall–Kier alpha value is -1.03. The topological polar surface area (TPSA) is 35.2 Å². The summed E-state index contributed by atoms with van der Waals surface area (Å²) in [6.45, 7) is 4.15. The van der Waals surface area contributed by atoms with Crippen LogP contribution in [0.15, 0.2) is 36.4 Å². The second-order valence-electron chi connectivity index (χ2n) is 4.52. The highest BCUT2D eigenvalue weighted by atomic mass is 35.5. The van der Waals surface area contributed by atoms with Gasteiger partial charge in [-0.25, -0.2) is 0 Å². The van der Waals surface area contributed by atoms with E-state index in [2.05, 4.69) is 26.0 Å². The van der Waals surface area contributed by atoms with Crippen molar-refractivity contribution in [2.75, 3.05) is 0 Å². The zero-order valence-corrected chi connectivity index (χ0v) is 12.7. The van der Waals surface area contributed by atoms with Gasteiger partial charge in [-0.3, -0.25) is 0 Å². The fourth-order valence-electron chi connectivity index (χ4n) is 1.86. The van der Waals surface area contributed by atoms with Gasteiger partial charge in [-0.2, -0.15) is 0 Å². The maximum atomic E-state index is 6.19. The Morgan fingerprint density at radius 2 is 2.11 bits per heavy atom. The summed E-state index contributed by atoms with van der Waals surface area (Å²) in [6, 6.07) is 11.6. The third kappa shape index (κ3) is 3.72. The third-order valence-electron chi connectivity index (χ3n) is 2.96. The lowest BCUT2D eigenvalue weighted by molar-refractivity contribution is 0.174. The van der Waals surface area contributed by atoms with E-state index in [4.69, 9.17) is 22.1 Å². The van der Waals surface area contributed by atoms with Crippen LogP contribution in [0.3, 0.4) is 0 Å². The lowest BCUT2D eigenvalue weighted by Crippen LogP contribution is -2.30. The molecule has 0 bridgehead atoms. The molecular formula is C15H18ClNOS. The molecule has 0 aliphatic rings. The molecule has 0 spiro atoms. The molecule has 1 aromatic heterocycles. The molecule has 0 saturated carbocycles. The second-order valence-corrected chi connectivity index (χ2v) is 6.27. The fraction of sp³-hybridized carbons (Fsp3) is 0.333. The smallest absolute Gasteiger partial charge is 0.148 e. The van der Waals surface area contributed by atoms with Crippen molar-refractivity contribution in [3.05, 3.63) is 51.2 Å². The molecule has 4 heteroatoms. The Morgan fingerprint density at radius 3 is 2.68 bits per heavy atom. The average Bonchev–Trinajstić information content (AvgIpc) is 2.81. The molecule has 2 atom stereocenters. The van der Waals surface area contributed by atoms with Crippen LogP contribution in [0.25, 0.3) is 0 Å². The summed E-state index contributed by atoms with van der Waals surface area (Å²) in [5.74, 6) is 0.757. The molecule has 0 saturated heterocycles. The maximum Gasteiger partial charge on any atom is 0.148 e. The first kappa shape index (κ1) is 14.4. The van der Waals surface area contributed by atoms with Crippen molar-refractivity contribution in [2.24, 2.45) is 5.73 Å². The first-order valence-electron chi connectivity index (χ1n) is 6.34. The summed E-state index contributed by atoms with van der Waals surface area (Å²) in [5.41, 5.74) is 6.19. The van der Waals surface area contributed by atoms with Gasteiger partial charge in [0.25, 0.3) is 0 Å². The summed E-state index contributed by atoms with van der Waals surface area (Å²) in [7, 11) is 0. The Labute approximate surface area is 123 Å². The summed E-state index contributed by atoms with van der Waals surface area (Å²) < 4.78 is 6.05. The van der Waals surface area contributed by atoms with Crippen molar-refractivity contribution in [1.29, 1.82) is 0 Å². The van der Waals surface area contributed by atoms with Gasteiger partial charge in [0, 0.05) is 20.8 Å². The van der Waals surface area contributed by atoms with Crippen LogP contribution >= 0.6 is 22.9 Å². The van der Waals surface area contributed by atoms with Crippen molar-refractivity contribution >= 4 is 22.9 Å². The predicted octanol–water partition coefficient (Wildman–Crippen LogP) is 4.57. The van der Waals surface area contributed by atoms with Crippen LogP contribution in [-0.4, -0.2) is 6.04 Å². The van der Waals surface area contributed by atoms with Crippen LogP contribution in [0.5, 0.6) is 5.75 Å². The SMILES string of the molecule is CCC(N)C(Oc1cccc(Cl)c1)c1ccc(C)s1. The van der Waals surface area contributed by atoms with Crippen molar-refractivity contribution in [1.82, 2.24) is 0 Å². The number of halogens is 1. The first-order chi connectivity index (χ1) is 9.10. The van der Waals surface area contributed by atoms with E-state index in [-0.39, 0.29) is 12.1 Å². The normalized spacial score (nSPS) is 14.1. The van der Waals surface area contributed by atoms with E-state index in [0.717, 1.165) is 17.0 Å². The molecule has 0 radical (unpaired) electrons. The third-order valence-corrected chi connectivity index (χ3v) is 4.26. The predicted molar refractivity (Wildman–Crippen MR) is 82.1 cm³/mol. The maximum absolute atomic E-state index is 6.19. The van der Waals surface area contributed by atoms with Crippen molar-refractivity contribution in [3.8, 4) is 5.75 Å². The number of hydrogen-bond donors (Lipinski definition) is 1. The summed E-state index contributed by atoms with van der Waals surface area (Å²) in [6.07, 6.45) is 0.740. The van der Waals surface area contributed by atoms with Crippen molar-refractivity contribution < 1.29 is 4.74 Å². The lowest BCUT2D eigenvalue weighted by atomic mass is 10.1. The summed E-state index contributed by atoms with van der Waals surface area (Å²) in [4.78, 5) is 2.42. The minimum Gasteiger partial charge on any atom is -0.483 e. The highest BCUT2D eigenvalue weighted by Gasteiger charge is 2.22.